The van der Waals surface area contributed by atoms with Crippen molar-refractivity contribution in [1.29, 1.82) is 0 Å². The minimum atomic E-state index is -3.92. The predicted molar refractivity (Wildman–Crippen MR) is 40.8 cm³/mol. The van der Waals surface area contributed by atoms with Gasteiger partial charge in [0.25, 0.3) is 0 Å². The van der Waals surface area contributed by atoms with Gasteiger partial charge < -0.3 is 9.29 Å². The van der Waals surface area contributed by atoms with Crippen LogP contribution in [-0.2, 0) is 10.1 Å². The van der Waals surface area contributed by atoms with Crippen LogP contribution in [0.15, 0.2) is 12.3 Å². The Kier molecular flexibility index (Phi) is 9.16. The van der Waals surface area contributed by atoms with Crippen LogP contribution in [0.3, 0.4) is 0 Å². The molecule has 0 saturated heterocycles. The van der Waals surface area contributed by atoms with Crippen LogP contribution in [-0.4, -0.2) is 36.0 Å². The number of H-pyrrole nitrogens is 1. The summed E-state index contributed by atoms with van der Waals surface area (Å²) in [5.74, 6) is -0.0926. The molecule has 0 aliphatic rings. The van der Waals surface area contributed by atoms with Crippen LogP contribution in [0.25, 0.3) is 0 Å². The third-order valence-corrected chi connectivity index (χ3v) is 0.685. The summed E-state index contributed by atoms with van der Waals surface area (Å²) in [5, 5.41) is 5.66. The Morgan fingerprint density at radius 1 is 1.60 bits per heavy atom. The van der Waals surface area contributed by atoms with Crippen LogP contribution in [0.2, 0.25) is 0 Å². The van der Waals surface area contributed by atoms with Crippen LogP contribution in [0.5, 0.6) is 5.88 Å². The van der Waals surface area contributed by atoms with E-state index in [1.165, 1.54) is 12.3 Å². The van der Waals surface area contributed by atoms with Gasteiger partial charge in [-0.3, -0.25) is 5.10 Å². The molecule has 0 amide bonds. The molecule has 1 rings (SSSR count). The van der Waals surface area contributed by atoms with Gasteiger partial charge in [0.1, 0.15) is 0 Å². The first-order valence-electron chi connectivity index (χ1n) is 3.14. The third kappa shape index (κ3) is 16.5. The maximum absolute atomic E-state index is 11.3. The monoisotopic (exact) mass is 252 g/mol. The molecule has 0 spiro atoms. The van der Waals surface area contributed by atoms with E-state index in [1.54, 1.807) is 0 Å². The average molecular weight is 252 g/mol. The van der Waals surface area contributed by atoms with Gasteiger partial charge in [-0.25, -0.2) is 8.42 Å². The molecule has 1 heterocycles. The molecular weight excluding hydrogens is 245 g/mol. The van der Waals surface area contributed by atoms with E-state index in [0.29, 0.717) is 6.26 Å². The molecule has 6 nitrogen and oxygen atoms in total. The first-order valence-corrected chi connectivity index (χ1v) is 4.96. The van der Waals surface area contributed by atoms with Gasteiger partial charge in [0.05, 0.1) is 10.1 Å². The Morgan fingerprint density at radius 2 is 2.07 bits per heavy atom. The van der Waals surface area contributed by atoms with E-state index >= 15 is 0 Å². The van der Waals surface area contributed by atoms with Crippen LogP contribution in [0, 0.1) is 0 Å². The van der Waals surface area contributed by atoms with E-state index in [0.717, 1.165) is 0 Å². The summed E-state index contributed by atoms with van der Waals surface area (Å²) in [4.78, 5) is 0. The van der Waals surface area contributed by atoms with Gasteiger partial charge in [0.2, 0.25) is 5.88 Å². The van der Waals surface area contributed by atoms with Crippen molar-refractivity contribution in [2.75, 3.05) is 6.26 Å². The van der Waals surface area contributed by atoms with Gasteiger partial charge in [0, 0.05) is 18.5 Å². The number of aromatic amines is 1. The zero-order valence-corrected chi connectivity index (χ0v) is 10.8. The number of aromatic nitrogens is 2. The van der Waals surface area contributed by atoms with Gasteiger partial charge in [0.15, 0.2) is 0 Å². The molecule has 1 aromatic rings. The second kappa shape index (κ2) is 7.99. The fourth-order valence-corrected chi connectivity index (χ4v) is 0.404. The summed E-state index contributed by atoms with van der Waals surface area (Å²) in [5.41, 5.74) is 0. The van der Waals surface area contributed by atoms with Crippen molar-refractivity contribution in [3.8, 4) is 5.88 Å². The Hall–Kier alpha value is -0.220. The zero-order chi connectivity index (χ0) is 11.2. The Bertz CT molecular complexity index is 334. The van der Waals surface area contributed by atoms with Crippen molar-refractivity contribution >= 4 is 10.1 Å². The molecular formula is C5H7F2N2NaO4S. The minimum Gasteiger partial charge on any atom is -0.748 e. The number of nitrogens with zero attached hydrogens (tertiary/aromatic N) is 1. The van der Waals surface area contributed by atoms with Crippen LogP contribution < -0.4 is 34.3 Å². The molecule has 0 atom stereocenters. The molecule has 0 bridgehead atoms. The van der Waals surface area contributed by atoms with Crippen LogP contribution >= 0.6 is 0 Å². The summed E-state index contributed by atoms with van der Waals surface area (Å²) in [6, 6.07) is 1.31. The molecule has 0 saturated carbocycles. The average Bonchev–Trinajstić information content (AvgIpc) is 2.33. The first-order chi connectivity index (χ1) is 6.29. The van der Waals surface area contributed by atoms with E-state index in [1.807, 2.05) is 0 Å². The topological polar surface area (TPSA) is 95.1 Å². The molecule has 15 heavy (non-hydrogen) atoms. The van der Waals surface area contributed by atoms with Gasteiger partial charge in [-0.05, 0) is 0 Å². The van der Waals surface area contributed by atoms with Crippen molar-refractivity contribution in [3.05, 3.63) is 12.3 Å². The second-order valence-corrected chi connectivity index (χ2v) is 3.40. The smallest absolute Gasteiger partial charge is 0.748 e. The normalized spacial score (nSPS) is 9.93. The van der Waals surface area contributed by atoms with Crippen LogP contribution in [0.4, 0.5) is 8.78 Å². The van der Waals surface area contributed by atoms with Crippen molar-refractivity contribution in [2.45, 2.75) is 6.61 Å². The second-order valence-electron chi connectivity index (χ2n) is 2.00. The fraction of sp³-hybridized carbons (Fsp3) is 0.400. The zero-order valence-electron chi connectivity index (χ0n) is 7.98. The maximum Gasteiger partial charge on any atom is 1.00 e. The van der Waals surface area contributed by atoms with Crippen molar-refractivity contribution in [3.63, 3.8) is 0 Å². The van der Waals surface area contributed by atoms with Crippen LogP contribution in [0.1, 0.15) is 0 Å². The molecule has 0 fully saturated rings. The Morgan fingerprint density at radius 3 is 2.33 bits per heavy atom. The van der Waals surface area contributed by atoms with Gasteiger partial charge in [-0.2, -0.15) is 8.78 Å². The summed E-state index contributed by atoms with van der Waals surface area (Å²) >= 11 is 0. The largest absolute Gasteiger partial charge is 1.00 e. The molecule has 0 aromatic carbocycles. The van der Waals surface area contributed by atoms with Crippen molar-refractivity contribution in [2.24, 2.45) is 0 Å². The molecule has 82 valence electrons. The van der Waals surface area contributed by atoms with E-state index in [-0.39, 0.29) is 35.4 Å². The predicted octanol–water partition coefficient (Wildman–Crippen LogP) is -2.82. The summed E-state index contributed by atoms with van der Waals surface area (Å²) in [6.07, 6.45) is 2.00. The summed E-state index contributed by atoms with van der Waals surface area (Å²) in [7, 11) is -3.92. The molecule has 0 aliphatic heterocycles. The number of hydrogen-bond acceptors (Lipinski definition) is 5. The van der Waals surface area contributed by atoms with Gasteiger partial charge in [-0.15, -0.1) is 5.10 Å². The molecule has 10 heteroatoms. The molecule has 1 N–H and O–H groups in total. The maximum atomic E-state index is 11.3. The van der Waals surface area contributed by atoms with Crippen molar-refractivity contribution in [1.82, 2.24) is 10.2 Å². The Balaban J connectivity index is 0. The van der Waals surface area contributed by atoms with E-state index < -0.39 is 16.7 Å². The Labute approximate surface area is 107 Å². The first kappa shape index (κ1) is 17.2. The molecule has 1 aromatic heterocycles. The quantitative estimate of drug-likeness (QED) is 0.452. The molecule has 0 unspecified atom stereocenters. The van der Waals surface area contributed by atoms with Crippen molar-refractivity contribution < 1.29 is 56.0 Å². The van der Waals surface area contributed by atoms with Gasteiger partial charge in [-0.1, -0.05) is 0 Å². The number of halogens is 2. The number of nitrogens with one attached hydrogen (secondary N) is 1. The van der Waals surface area contributed by atoms with Gasteiger partial charge >= 0.3 is 36.2 Å². The number of hydrogen-bond donors (Lipinski definition) is 1. The fourth-order valence-electron chi connectivity index (χ4n) is 0.404. The molecule has 0 aliphatic carbocycles. The number of ether oxygens (including phenoxy) is 1. The minimum absolute atomic E-state index is 0. The standard InChI is InChI=1S/C4H4F2N2O.CH4O3S.Na/c5-4(6)9-3-1-2-7-8-3;1-5(2,3)4;/h1-2,4H,(H,7,8);1H3,(H,2,3,4);/q;;+1/p-1. The van der Waals surface area contributed by atoms with E-state index in [2.05, 4.69) is 14.9 Å². The molecule has 0 radical (unpaired) electrons. The van der Waals surface area contributed by atoms with E-state index in [4.69, 9.17) is 13.0 Å². The number of alkyl halides is 2. The van der Waals surface area contributed by atoms with E-state index in [9.17, 15) is 8.78 Å². The number of rotatable bonds is 2. The third-order valence-electron chi connectivity index (χ3n) is 0.685. The summed E-state index contributed by atoms with van der Waals surface area (Å²) in [6.45, 7) is -2.80. The summed E-state index contributed by atoms with van der Waals surface area (Å²) < 4.78 is 53.8. The SMILES string of the molecule is CS(=O)(=O)[O-].FC(F)Oc1cc[nH]n1.[Na+].